The van der Waals surface area contributed by atoms with Gasteiger partial charge in [-0.2, -0.15) is 0 Å². The molecule has 32 heavy (non-hydrogen) atoms. The Hall–Kier alpha value is -1.66. The molecule has 5 fully saturated rings. The number of rotatable bonds is 2. The molecule has 0 bridgehead atoms. The summed E-state index contributed by atoms with van der Waals surface area (Å²) in [4.78, 5) is 23.7. The van der Waals surface area contributed by atoms with E-state index in [1.165, 1.54) is 13.0 Å². The van der Waals surface area contributed by atoms with E-state index in [0.717, 1.165) is 50.5 Å². The summed E-state index contributed by atoms with van der Waals surface area (Å²) in [6.45, 7) is 6.23. The smallest absolute Gasteiger partial charge is 0.335 e. The minimum atomic E-state index is -0.369. The highest BCUT2D eigenvalue weighted by molar-refractivity contribution is 5.66. The number of aliphatic hydroxyl groups excluding tert-OH is 1. The fourth-order valence-electron chi connectivity index (χ4n) is 9.10. The number of carbonyl (C=O) groups excluding carboxylic acids is 1. The molecule has 4 saturated carbocycles. The second kappa shape index (κ2) is 6.69. The predicted molar refractivity (Wildman–Crippen MR) is 116 cm³/mol. The molecule has 1 N–H and O–H groups in total. The Morgan fingerprint density at radius 1 is 1.12 bits per heavy atom. The molecule has 4 aliphatic carbocycles. The van der Waals surface area contributed by atoms with Crippen molar-refractivity contribution in [3.8, 4) is 0 Å². The van der Waals surface area contributed by atoms with E-state index >= 15 is 0 Å². The van der Waals surface area contributed by atoms with Gasteiger partial charge >= 0.3 is 11.6 Å². The monoisotopic (exact) mass is 442 g/mol. The fourth-order valence-corrected chi connectivity index (χ4v) is 9.10. The van der Waals surface area contributed by atoms with Crippen molar-refractivity contribution in [2.24, 2.45) is 28.6 Å². The van der Waals surface area contributed by atoms with Gasteiger partial charge in [-0.05, 0) is 79.7 Å². The maximum Gasteiger partial charge on any atom is 0.335 e. The van der Waals surface area contributed by atoms with E-state index in [2.05, 4.69) is 13.8 Å². The van der Waals surface area contributed by atoms with Gasteiger partial charge in [-0.25, -0.2) is 4.79 Å². The van der Waals surface area contributed by atoms with Crippen molar-refractivity contribution in [2.75, 3.05) is 0 Å². The van der Waals surface area contributed by atoms with Gasteiger partial charge in [0.15, 0.2) is 0 Å². The highest BCUT2D eigenvalue weighted by atomic mass is 16.7. The predicted octanol–water partition coefficient (Wildman–Crippen LogP) is 3.80. The molecule has 0 radical (unpaired) electrons. The minimum absolute atomic E-state index is 0.0471. The molecule has 1 aromatic rings. The lowest BCUT2D eigenvalue weighted by molar-refractivity contribution is -0.158. The normalized spacial score (nSPS) is 51.1. The van der Waals surface area contributed by atoms with E-state index in [-0.39, 0.29) is 52.3 Å². The number of esters is 1. The molecule has 10 atom stereocenters. The van der Waals surface area contributed by atoms with E-state index in [1.54, 1.807) is 6.26 Å². The topological polar surface area (TPSA) is 89.3 Å². The van der Waals surface area contributed by atoms with Crippen LogP contribution in [0.15, 0.2) is 27.6 Å². The highest BCUT2D eigenvalue weighted by Crippen LogP contribution is 2.78. The molecule has 1 aromatic heterocycles. The molecule has 1 saturated heterocycles. The quantitative estimate of drug-likeness (QED) is 0.554. The SMILES string of the molecule is CC(=O)O[C@@H]1[C@H]2O[C@@]23[C@@H]2CC[C@H]4C[C@@H](O)CC[C@]4(C)[C@@H]2CC[C@@]3(C)[C@H]1c1ccc(=O)oc1. The molecule has 0 amide bonds. The zero-order chi connectivity index (χ0) is 22.5. The lowest BCUT2D eigenvalue weighted by Gasteiger charge is -2.61. The molecule has 174 valence electrons. The fraction of sp³-hybridized carbons (Fsp3) is 0.769. The first kappa shape index (κ1) is 20.9. The van der Waals surface area contributed by atoms with Crippen LogP contribution in [-0.2, 0) is 14.3 Å². The van der Waals surface area contributed by atoms with Crippen molar-refractivity contribution in [3.63, 3.8) is 0 Å². The standard InChI is InChI=1S/C26H34O6/c1-14(27)31-22-21(15-4-7-20(29)30-13-15)25(3)11-9-18-19(26(25)23(22)32-26)6-5-16-12-17(28)8-10-24(16,18)2/h4,7,13,16-19,21-23,28H,5-6,8-12H2,1-3H3/t16-,17-,18+,19+,21-,22-,23+,24-,25-,26-/m0/s1. The molecule has 5 aliphatic rings. The summed E-state index contributed by atoms with van der Waals surface area (Å²) in [7, 11) is 0. The Labute approximate surface area is 188 Å². The van der Waals surface area contributed by atoms with Gasteiger partial charge in [0.2, 0.25) is 0 Å². The molecule has 1 aliphatic heterocycles. The minimum Gasteiger partial charge on any atom is -0.459 e. The maximum absolute atomic E-state index is 12.1. The molecule has 2 heterocycles. The summed E-state index contributed by atoms with van der Waals surface area (Å²) in [5.74, 6) is 1.24. The first-order valence-corrected chi connectivity index (χ1v) is 12.3. The first-order valence-electron chi connectivity index (χ1n) is 12.3. The van der Waals surface area contributed by atoms with Crippen molar-refractivity contribution < 1.29 is 23.8 Å². The molecule has 0 aromatic carbocycles. The molecule has 0 unspecified atom stereocenters. The number of carbonyl (C=O) groups is 1. The third-order valence-corrected chi connectivity index (χ3v) is 10.5. The largest absolute Gasteiger partial charge is 0.459 e. The van der Waals surface area contributed by atoms with Gasteiger partial charge in [-0.15, -0.1) is 0 Å². The number of hydrogen-bond acceptors (Lipinski definition) is 6. The summed E-state index contributed by atoms with van der Waals surface area (Å²) in [6.07, 6.45) is 8.20. The third-order valence-electron chi connectivity index (χ3n) is 10.5. The van der Waals surface area contributed by atoms with E-state index in [0.29, 0.717) is 17.8 Å². The second-order valence-electron chi connectivity index (χ2n) is 11.6. The van der Waals surface area contributed by atoms with Crippen molar-refractivity contribution in [1.82, 2.24) is 0 Å². The van der Waals surface area contributed by atoms with Crippen LogP contribution >= 0.6 is 0 Å². The van der Waals surface area contributed by atoms with Crippen LogP contribution in [0.3, 0.4) is 0 Å². The summed E-state index contributed by atoms with van der Waals surface area (Å²) < 4.78 is 17.8. The molecule has 6 heteroatoms. The van der Waals surface area contributed by atoms with Crippen LogP contribution in [0.25, 0.3) is 0 Å². The summed E-state index contributed by atoms with van der Waals surface area (Å²) in [6, 6.07) is 3.30. The van der Waals surface area contributed by atoms with Gasteiger partial charge in [0.1, 0.15) is 17.8 Å². The van der Waals surface area contributed by atoms with E-state index in [4.69, 9.17) is 13.9 Å². The first-order chi connectivity index (χ1) is 15.2. The van der Waals surface area contributed by atoms with Crippen molar-refractivity contribution in [3.05, 3.63) is 34.4 Å². The number of ether oxygens (including phenoxy) is 2. The molecule has 6 rings (SSSR count). The van der Waals surface area contributed by atoms with Gasteiger partial charge < -0.3 is 19.0 Å². The Kier molecular flexibility index (Phi) is 4.37. The highest BCUT2D eigenvalue weighted by Gasteiger charge is 2.84. The molecular formula is C26H34O6. The Balaban J connectivity index is 1.41. The molecule has 1 spiro atoms. The van der Waals surface area contributed by atoms with Gasteiger partial charge in [0.05, 0.1) is 12.4 Å². The Morgan fingerprint density at radius 3 is 2.66 bits per heavy atom. The zero-order valence-corrected chi connectivity index (χ0v) is 19.2. The number of aliphatic hydroxyl groups is 1. The number of hydrogen-bond donors (Lipinski definition) is 1. The van der Waals surface area contributed by atoms with Crippen LogP contribution < -0.4 is 5.63 Å². The van der Waals surface area contributed by atoms with Crippen molar-refractivity contribution in [1.29, 1.82) is 0 Å². The van der Waals surface area contributed by atoms with Gasteiger partial charge in [-0.3, -0.25) is 4.79 Å². The zero-order valence-electron chi connectivity index (χ0n) is 19.2. The number of epoxide rings is 1. The molecule has 6 nitrogen and oxygen atoms in total. The lowest BCUT2D eigenvalue weighted by Crippen LogP contribution is -2.58. The van der Waals surface area contributed by atoms with Crippen LogP contribution in [0.4, 0.5) is 0 Å². The van der Waals surface area contributed by atoms with Crippen molar-refractivity contribution in [2.45, 2.75) is 95.5 Å². The Bertz CT molecular complexity index is 982. The van der Waals surface area contributed by atoms with Gasteiger partial charge in [0.25, 0.3) is 0 Å². The van der Waals surface area contributed by atoms with E-state index in [1.807, 2.05) is 6.07 Å². The Morgan fingerprint density at radius 2 is 1.94 bits per heavy atom. The van der Waals surface area contributed by atoms with Gasteiger partial charge in [0, 0.05) is 24.3 Å². The average molecular weight is 443 g/mol. The summed E-state index contributed by atoms with van der Waals surface area (Å²) in [5.41, 5.74) is 0.319. The summed E-state index contributed by atoms with van der Waals surface area (Å²) in [5, 5.41) is 10.3. The average Bonchev–Trinajstić information content (AvgIpc) is 3.44. The van der Waals surface area contributed by atoms with E-state index in [9.17, 15) is 14.7 Å². The number of fused-ring (bicyclic) bond motifs is 3. The van der Waals surface area contributed by atoms with Crippen LogP contribution in [0.5, 0.6) is 0 Å². The van der Waals surface area contributed by atoms with Crippen LogP contribution in [0.1, 0.15) is 77.2 Å². The third kappa shape index (κ3) is 2.54. The summed E-state index contributed by atoms with van der Waals surface area (Å²) >= 11 is 0. The van der Waals surface area contributed by atoms with E-state index < -0.39 is 0 Å². The van der Waals surface area contributed by atoms with Crippen LogP contribution in [0.2, 0.25) is 0 Å². The lowest BCUT2D eigenvalue weighted by atomic mass is 9.44. The molecular weight excluding hydrogens is 408 g/mol. The second-order valence-corrected chi connectivity index (χ2v) is 11.6. The van der Waals surface area contributed by atoms with Crippen molar-refractivity contribution >= 4 is 5.97 Å². The maximum atomic E-state index is 12.1. The van der Waals surface area contributed by atoms with Crippen LogP contribution in [0, 0.1) is 28.6 Å². The van der Waals surface area contributed by atoms with Gasteiger partial charge in [-0.1, -0.05) is 13.8 Å². The van der Waals surface area contributed by atoms with Crippen LogP contribution in [-0.4, -0.2) is 35.0 Å².